The fourth-order valence-corrected chi connectivity index (χ4v) is 3.02. The number of carbonyl (C=O) groups excluding carboxylic acids is 2. The Labute approximate surface area is 152 Å². The summed E-state index contributed by atoms with van der Waals surface area (Å²) < 4.78 is 51.5. The van der Waals surface area contributed by atoms with Crippen LogP contribution in [-0.4, -0.2) is 18.4 Å². The van der Waals surface area contributed by atoms with Crippen LogP contribution in [0.2, 0.25) is 0 Å². The average molecular weight is 380 g/mol. The summed E-state index contributed by atoms with van der Waals surface area (Å²) in [5.74, 6) is -2.49. The first-order valence-electron chi connectivity index (χ1n) is 8.23. The molecule has 142 valence electrons. The molecule has 0 bridgehead atoms. The fraction of sp³-hybridized carbons (Fsp3) is 0.263. The van der Waals surface area contributed by atoms with Crippen molar-refractivity contribution in [3.8, 4) is 0 Å². The van der Waals surface area contributed by atoms with Crippen LogP contribution >= 0.6 is 0 Å². The van der Waals surface area contributed by atoms with Gasteiger partial charge >= 0.3 is 6.18 Å². The van der Waals surface area contributed by atoms with Crippen molar-refractivity contribution in [3.63, 3.8) is 0 Å². The molecule has 1 N–H and O–H groups in total. The summed E-state index contributed by atoms with van der Waals surface area (Å²) in [5.41, 5.74) is 0.0610. The number of halogens is 4. The zero-order valence-corrected chi connectivity index (χ0v) is 14.3. The Kier molecular flexibility index (Phi) is 4.91. The van der Waals surface area contributed by atoms with Crippen molar-refractivity contribution in [2.45, 2.75) is 19.5 Å². The first-order valence-corrected chi connectivity index (χ1v) is 8.23. The lowest BCUT2D eigenvalue weighted by Gasteiger charge is -2.19. The van der Waals surface area contributed by atoms with Gasteiger partial charge in [-0.1, -0.05) is 6.07 Å². The molecular weight excluding hydrogens is 364 g/mol. The van der Waals surface area contributed by atoms with E-state index in [1.807, 2.05) is 0 Å². The molecule has 27 heavy (non-hydrogen) atoms. The van der Waals surface area contributed by atoms with E-state index < -0.39 is 35.3 Å². The molecule has 0 aromatic heterocycles. The first-order chi connectivity index (χ1) is 12.7. The number of nitrogens with zero attached hydrogens (tertiary/aromatic N) is 1. The van der Waals surface area contributed by atoms with E-state index in [0.29, 0.717) is 11.3 Å². The maximum Gasteiger partial charge on any atom is 0.416 e. The van der Waals surface area contributed by atoms with E-state index in [1.54, 1.807) is 13.0 Å². The highest BCUT2D eigenvalue weighted by atomic mass is 19.4. The van der Waals surface area contributed by atoms with E-state index in [9.17, 15) is 27.2 Å². The maximum atomic E-state index is 13.7. The molecular formula is C19H16F4N2O2. The van der Waals surface area contributed by atoms with Crippen LogP contribution in [0.4, 0.5) is 28.9 Å². The number of amides is 2. The second-order valence-corrected chi connectivity index (χ2v) is 6.28. The number of hydrogen-bond acceptors (Lipinski definition) is 2. The summed E-state index contributed by atoms with van der Waals surface area (Å²) in [4.78, 5) is 26.3. The summed E-state index contributed by atoms with van der Waals surface area (Å²) in [6.07, 6.45) is -4.23. The van der Waals surface area contributed by atoms with Crippen molar-refractivity contribution in [2.24, 2.45) is 5.92 Å². The molecule has 2 aromatic rings. The Bertz CT molecular complexity index is 878. The molecule has 0 aliphatic carbocycles. The fourth-order valence-electron chi connectivity index (χ4n) is 3.02. The van der Waals surface area contributed by atoms with Crippen molar-refractivity contribution in [1.82, 2.24) is 0 Å². The molecule has 1 heterocycles. The number of nitrogens with one attached hydrogen (secondary N) is 1. The number of rotatable bonds is 3. The minimum Gasteiger partial charge on any atom is -0.325 e. The second kappa shape index (κ2) is 7.02. The Morgan fingerprint density at radius 1 is 1.15 bits per heavy atom. The van der Waals surface area contributed by atoms with Gasteiger partial charge in [0.1, 0.15) is 11.7 Å². The van der Waals surface area contributed by atoms with Crippen LogP contribution in [0.25, 0.3) is 0 Å². The van der Waals surface area contributed by atoms with Gasteiger partial charge in [-0.05, 0) is 49.7 Å². The van der Waals surface area contributed by atoms with E-state index >= 15 is 0 Å². The molecule has 3 rings (SSSR count). The van der Waals surface area contributed by atoms with E-state index in [-0.39, 0.29) is 18.7 Å². The van der Waals surface area contributed by atoms with Crippen LogP contribution in [0.5, 0.6) is 0 Å². The monoisotopic (exact) mass is 380 g/mol. The van der Waals surface area contributed by atoms with Gasteiger partial charge in [-0.15, -0.1) is 0 Å². The lowest BCUT2D eigenvalue weighted by molar-refractivity contribution is -0.137. The molecule has 0 saturated carbocycles. The Hall–Kier alpha value is -2.90. The molecule has 1 aliphatic heterocycles. The Morgan fingerprint density at radius 3 is 2.44 bits per heavy atom. The zero-order chi connectivity index (χ0) is 19.8. The van der Waals surface area contributed by atoms with Crippen molar-refractivity contribution in [1.29, 1.82) is 0 Å². The lowest BCUT2D eigenvalue weighted by Crippen LogP contribution is -2.33. The summed E-state index contributed by atoms with van der Waals surface area (Å²) in [7, 11) is 0. The van der Waals surface area contributed by atoms with E-state index in [2.05, 4.69) is 5.32 Å². The van der Waals surface area contributed by atoms with Gasteiger partial charge in [-0.3, -0.25) is 9.59 Å². The Balaban J connectivity index is 1.71. The van der Waals surface area contributed by atoms with Crippen LogP contribution in [-0.2, 0) is 15.8 Å². The van der Waals surface area contributed by atoms with Crippen LogP contribution in [0.1, 0.15) is 17.5 Å². The van der Waals surface area contributed by atoms with Gasteiger partial charge in [0.25, 0.3) is 0 Å². The maximum absolute atomic E-state index is 13.7. The number of carbonyl (C=O) groups is 2. The number of anilines is 2. The van der Waals surface area contributed by atoms with Gasteiger partial charge in [-0.2, -0.15) is 13.2 Å². The lowest BCUT2D eigenvalue weighted by atomic mass is 10.1. The predicted molar refractivity (Wildman–Crippen MR) is 91.7 cm³/mol. The third-order valence-corrected chi connectivity index (χ3v) is 4.53. The molecule has 1 aliphatic rings. The van der Waals surface area contributed by atoms with Crippen molar-refractivity contribution in [2.75, 3.05) is 16.8 Å². The minimum absolute atomic E-state index is 0.168. The highest BCUT2D eigenvalue weighted by Crippen LogP contribution is 2.31. The predicted octanol–water partition coefficient (Wildman–Crippen LogP) is 4.14. The summed E-state index contributed by atoms with van der Waals surface area (Å²) >= 11 is 0. The molecule has 0 unspecified atom stereocenters. The highest BCUT2D eigenvalue weighted by molar-refractivity contribution is 6.13. The average Bonchev–Trinajstić information content (AvgIpc) is 2.98. The molecule has 0 spiro atoms. The molecule has 2 aromatic carbocycles. The molecule has 8 heteroatoms. The first kappa shape index (κ1) is 18.9. The third-order valence-electron chi connectivity index (χ3n) is 4.53. The van der Waals surface area contributed by atoms with Gasteiger partial charge < -0.3 is 10.2 Å². The topological polar surface area (TPSA) is 49.4 Å². The minimum atomic E-state index is -4.47. The van der Waals surface area contributed by atoms with Gasteiger partial charge in [0.2, 0.25) is 11.8 Å². The van der Waals surface area contributed by atoms with Crippen molar-refractivity contribution < 1.29 is 27.2 Å². The standard InChI is InChI=1S/C19H16F4N2O2/c1-11-15(20)3-2-4-16(11)25-10-9-14(18(25)27)17(26)24-13-7-5-12(6-8-13)19(21,22)23/h2-8,14H,9-10H2,1H3,(H,24,26)/t14-/m1/s1. The molecule has 1 atom stereocenters. The van der Waals surface area contributed by atoms with Crippen LogP contribution in [0.3, 0.4) is 0 Å². The zero-order valence-electron chi connectivity index (χ0n) is 14.3. The normalized spacial score (nSPS) is 17.3. The number of benzene rings is 2. The van der Waals surface area contributed by atoms with E-state index in [0.717, 1.165) is 24.3 Å². The largest absolute Gasteiger partial charge is 0.416 e. The molecule has 0 radical (unpaired) electrons. The van der Waals surface area contributed by atoms with Crippen LogP contribution < -0.4 is 10.2 Å². The van der Waals surface area contributed by atoms with Gasteiger partial charge in [0, 0.05) is 23.5 Å². The number of alkyl halides is 3. The van der Waals surface area contributed by atoms with Crippen molar-refractivity contribution >= 4 is 23.2 Å². The second-order valence-electron chi connectivity index (χ2n) is 6.28. The van der Waals surface area contributed by atoms with Crippen molar-refractivity contribution in [3.05, 3.63) is 59.4 Å². The van der Waals surface area contributed by atoms with E-state index in [4.69, 9.17) is 0 Å². The summed E-state index contributed by atoms with van der Waals surface area (Å²) in [6, 6.07) is 8.35. The Morgan fingerprint density at radius 2 is 1.81 bits per heavy atom. The SMILES string of the molecule is Cc1c(F)cccc1N1CC[C@H](C(=O)Nc2ccc(C(F)(F)F)cc2)C1=O. The van der Waals surface area contributed by atoms with Crippen LogP contribution in [0, 0.1) is 18.7 Å². The van der Waals surface area contributed by atoms with E-state index in [1.165, 1.54) is 17.0 Å². The summed E-state index contributed by atoms with van der Waals surface area (Å²) in [6.45, 7) is 1.81. The third kappa shape index (κ3) is 3.79. The molecule has 1 saturated heterocycles. The van der Waals surface area contributed by atoms with Gasteiger partial charge in [-0.25, -0.2) is 4.39 Å². The van der Waals surface area contributed by atoms with Gasteiger partial charge in [0.15, 0.2) is 0 Å². The molecule has 4 nitrogen and oxygen atoms in total. The summed E-state index contributed by atoms with van der Waals surface area (Å²) in [5, 5.41) is 2.46. The highest BCUT2D eigenvalue weighted by Gasteiger charge is 2.38. The quantitative estimate of drug-likeness (QED) is 0.643. The molecule has 1 fully saturated rings. The molecule has 2 amide bonds. The van der Waals surface area contributed by atoms with Gasteiger partial charge in [0.05, 0.1) is 5.56 Å². The van der Waals surface area contributed by atoms with Crippen LogP contribution in [0.15, 0.2) is 42.5 Å². The number of hydrogen-bond donors (Lipinski definition) is 1. The smallest absolute Gasteiger partial charge is 0.325 e.